The van der Waals surface area contributed by atoms with Crippen molar-refractivity contribution in [3.63, 3.8) is 0 Å². The molecule has 0 heterocycles. The highest BCUT2D eigenvalue weighted by molar-refractivity contribution is 5.79. The quantitative estimate of drug-likeness (QED) is 0.904. The Morgan fingerprint density at radius 2 is 1.90 bits per heavy atom. The van der Waals surface area contributed by atoms with Crippen LogP contribution in [0.15, 0.2) is 30.3 Å². The summed E-state index contributed by atoms with van der Waals surface area (Å²) < 4.78 is 0. The summed E-state index contributed by atoms with van der Waals surface area (Å²) in [5, 5.41) is 0. The molecule has 2 N–H and O–H groups in total. The highest BCUT2D eigenvalue weighted by atomic mass is 16.2. The van der Waals surface area contributed by atoms with E-state index in [4.69, 9.17) is 5.73 Å². The zero-order valence-corrected chi connectivity index (χ0v) is 12.7. The molecule has 2 saturated carbocycles. The van der Waals surface area contributed by atoms with E-state index in [-0.39, 0.29) is 12.0 Å². The molecule has 1 amide bonds. The first-order chi connectivity index (χ1) is 10.2. The molecule has 1 aromatic carbocycles. The summed E-state index contributed by atoms with van der Waals surface area (Å²) in [4.78, 5) is 14.9. The van der Waals surface area contributed by atoms with Gasteiger partial charge in [-0.05, 0) is 43.6 Å². The molecule has 2 unspecified atom stereocenters. The van der Waals surface area contributed by atoms with Crippen LogP contribution in [0.2, 0.25) is 0 Å². The second kappa shape index (κ2) is 6.61. The van der Waals surface area contributed by atoms with Gasteiger partial charge in [0.2, 0.25) is 5.91 Å². The lowest BCUT2D eigenvalue weighted by molar-refractivity contribution is -0.137. The third kappa shape index (κ3) is 3.65. The average Bonchev–Trinajstić information content (AvgIpc) is 2.88. The topological polar surface area (TPSA) is 46.3 Å². The minimum Gasteiger partial charge on any atom is -0.338 e. The van der Waals surface area contributed by atoms with E-state index in [9.17, 15) is 4.79 Å². The van der Waals surface area contributed by atoms with E-state index in [0.29, 0.717) is 11.8 Å². The molecule has 0 radical (unpaired) electrons. The van der Waals surface area contributed by atoms with Gasteiger partial charge < -0.3 is 10.6 Å². The summed E-state index contributed by atoms with van der Waals surface area (Å²) in [6, 6.07) is 10.6. The zero-order chi connectivity index (χ0) is 14.7. The van der Waals surface area contributed by atoms with Crippen molar-refractivity contribution in [2.75, 3.05) is 6.54 Å². The third-order valence-corrected chi connectivity index (χ3v) is 5.05. The van der Waals surface area contributed by atoms with Crippen LogP contribution in [-0.4, -0.2) is 23.4 Å². The molecule has 3 heteroatoms. The molecule has 1 aromatic rings. The molecule has 0 bridgehead atoms. The fourth-order valence-corrected chi connectivity index (χ4v) is 3.52. The Kier molecular flexibility index (Phi) is 4.59. The van der Waals surface area contributed by atoms with E-state index in [1.165, 1.54) is 24.8 Å². The Morgan fingerprint density at radius 3 is 2.48 bits per heavy atom. The Balaban J connectivity index is 1.67. The summed E-state index contributed by atoms with van der Waals surface area (Å²) in [5.41, 5.74) is 7.21. The third-order valence-electron chi connectivity index (χ3n) is 5.05. The van der Waals surface area contributed by atoms with E-state index >= 15 is 0 Å². The van der Waals surface area contributed by atoms with Crippen LogP contribution < -0.4 is 5.73 Å². The lowest BCUT2D eigenvalue weighted by Gasteiger charge is -2.34. The summed E-state index contributed by atoms with van der Waals surface area (Å²) in [6.07, 6.45) is 6.72. The fraction of sp³-hybridized carbons (Fsp3) is 0.611. The average molecular weight is 286 g/mol. The Labute approximate surface area is 127 Å². The lowest BCUT2D eigenvalue weighted by atomic mass is 9.84. The van der Waals surface area contributed by atoms with Crippen molar-refractivity contribution >= 4 is 5.91 Å². The molecule has 0 aliphatic heterocycles. The number of hydrogen-bond donors (Lipinski definition) is 1. The van der Waals surface area contributed by atoms with Gasteiger partial charge in [-0.15, -0.1) is 0 Å². The van der Waals surface area contributed by atoms with Crippen molar-refractivity contribution in [3.8, 4) is 0 Å². The molecule has 3 rings (SSSR count). The highest BCUT2D eigenvalue weighted by Crippen LogP contribution is 2.31. The van der Waals surface area contributed by atoms with E-state index < -0.39 is 0 Å². The number of amides is 1. The summed E-state index contributed by atoms with van der Waals surface area (Å²) in [5.74, 6) is 1.20. The predicted molar refractivity (Wildman–Crippen MR) is 84.5 cm³/mol. The second-order valence-corrected chi connectivity index (χ2v) is 6.77. The maximum absolute atomic E-state index is 12.8. The molecule has 0 saturated heterocycles. The van der Waals surface area contributed by atoms with Crippen LogP contribution in [0.3, 0.4) is 0 Å². The Hall–Kier alpha value is -1.35. The maximum Gasteiger partial charge on any atom is 0.226 e. The largest absolute Gasteiger partial charge is 0.338 e. The Morgan fingerprint density at radius 1 is 1.14 bits per heavy atom. The van der Waals surface area contributed by atoms with Crippen molar-refractivity contribution in [1.29, 1.82) is 0 Å². The number of nitrogens with zero attached hydrogens (tertiary/aromatic N) is 1. The standard InChI is InChI=1S/C18H26N2O/c19-17-10-9-16(11-17)18(21)20(13-15-7-4-8-15)12-14-5-2-1-3-6-14/h1-3,5-6,15-17H,4,7-13,19H2. The fourth-order valence-electron chi connectivity index (χ4n) is 3.52. The van der Waals surface area contributed by atoms with Crippen molar-refractivity contribution < 1.29 is 4.79 Å². The molecule has 114 valence electrons. The van der Waals surface area contributed by atoms with Gasteiger partial charge in [0.1, 0.15) is 0 Å². The van der Waals surface area contributed by atoms with E-state index in [0.717, 1.165) is 32.4 Å². The van der Waals surface area contributed by atoms with E-state index in [1.54, 1.807) is 0 Å². The minimum absolute atomic E-state index is 0.156. The summed E-state index contributed by atoms with van der Waals surface area (Å²) >= 11 is 0. The number of nitrogens with two attached hydrogens (primary N) is 1. The number of carbonyl (C=O) groups is 1. The highest BCUT2D eigenvalue weighted by Gasteiger charge is 2.32. The van der Waals surface area contributed by atoms with Crippen LogP contribution >= 0.6 is 0 Å². The molecule has 0 spiro atoms. The van der Waals surface area contributed by atoms with Gasteiger partial charge in [0, 0.05) is 25.0 Å². The van der Waals surface area contributed by atoms with Crippen molar-refractivity contribution in [3.05, 3.63) is 35.9 Å². The number of benzene rings is 1. The first kappa shape index (κ1) is 14.6. The van der Waals surface area contributed by atoms with E-state index in [1.807, 2.05) is 18.2 Å². The van der Waals surface area contributed by atoms with E-state index in [2.05, 4.69) is 17.0 Å². The minimum atomic E-state index is 0.156. The summed E-state index contributed by atoms with van der Waals surface area (Å²) in [7, 11) is 0. The zero-order valence-electron chi connectivity index (χ0n) is 12.7. The van der Waals surface area contributed by atoms with Crippen molar-refractivity contribution in [2.45, 2.75) is 51.1 Å². The molecule has 2 fully saturated rings. The molecule has 0 aromatic heterocycles. The smallest absolute Gasteiger partial charge is 0.226 e. The van der Waals surface area contributed by atoms with Crippen LogP contribution in [-0.2, 0) is 11.3 Å². The predicted octanol–water partition coefficient (Wildman–Crippen LogP) is 2.94. The Bertz CT molecular complexity index is 469. The van der Waals surface area contributed by atoms with Crippen molar-refractivity contribution in [2.24, 2.45) is 17.6 Å². The van der Waals surface area contributed by atoms with Gasteiger partial charge in [0.25, 0.3) is 0 Å². The monoisotopic (exact) mass is 286 g/mol. The van der Waals surface area contributed by atoms with Gasteiger partial charge in [0.05, 0.1) is 0 Å². The number of hydrogen-bond acceptors (Lipinski definition) is 2. The van der Waals surface area contributed by atoms with Crippen LogP contribution in [0, 0.1) is 11.8 Å². The maximum atomic E-state index is 12.8. The molecule has 2 aliphatic rings. The first-order valence-corrected chi connectivity index (χ1v) is 8.30. The van der Waals surface area contributed by atoms with Crippen LogP contribution in [0.25, 0.3) is 0 Å². The van der Waals surface area contributed by atoms with Crippen LogP contribution in [0.5, 0.6) is 0 Å². The molecule has 2 aliphatic carbocycles. The van der Waals surface area contributed by atoms with Crippen molar-refractivity contribution in [1.82, 2.24) is 4.90 Å². The van der Waals surface area contributed by atoms with Crippen LogP contribution in [0.1, 0.15) is 44.1 Å². The van der Waals surface area contributed by atoms with Gasteiger partial charge in [-0.3, -0.25) is 4.79 Å². The molecule has 3 nitrogen and oxygen atoms in total. The van der Waals surface area contributed by atoms with Gasteiger partial charge in [-0.1, -0.05) is 36.8 Å². The molecule has 21 heavy (non-hydrogen) atoms. The first-order valence-electron chi connectivity index (χ1n) is 8.30. The number of rotatable bonds is 5. The van der Waals surface area contributed by atoms with Gasteiger partial charge in [0.15, 0.2) is 0 Å². The summed E-state index contributed by atoms with van der Waals surface area (Å²) in [6.45, 7) is 1.68. The number of carbonyl (C=O) groups excluding carboxylic acids is 1. The van der Waals surface area contributed by atoms with Gasteiger partial charge >= 0.3 is 0 Å². The molecule has 2 atom stereocenters. The van der Waals surface area contributed by atoms with Gasteiger partial charge in [-0.2, -0.15) is 0 Å². The lowest BCUT2D eigenvalue weighted by Crippen LogP contribution is -2.40. The normalized spacial score (nSPS) is 25.6. The van der Waals surface area contributed by atoms with Gasteiger partial charge in [-0.25, -0.2) is 0 Å². The molecular formula is C18H26N2O. The SMILES string of the molecule is NC1CCC(C(=O)N(Cc2ccccc2)CC2CCC2)C1. The van der Waals surface area contributed by atoms with Crippen LogP contribution in [0.4, 0.5) is 0 Å². The second-order valence-electron chi connectivity index (χ2n) is 6.77. The molecular weight excluding hydrogens is 260 g/mol.